The van der Waals surface area contributed by atoms with Crippen molar-refractivity contribution in [3.63, 3.8) is 0 Å². The molecule has 104 valence electrons. The lowest BCUT2D eigenvalue weighted by Gasteiger charge is -2.15. The van der Waals surface area contributed by atoms with Crippen LogP contribution in [0, 0.1) is 0 Å². The lowest BCUT2D eigenvalue weighted by Crippen LogP contribution is -2.09. The van der Waals surface area contributed by atoms with Gasteiger partial charge in [0.05, 0.1) is 5.56 Å². The SMILES string of the molecule is CN(C)c1ccc(C=O)c(Oc2nnc(Cl)cc2O)c1. The molecule has 0 spiro atoms. The van der Waals surface area contributed by atoms with Crippen LogP contribution in [-0.4, -0.2) is 35.7 Å². The molecule has 0 saturated heterocycles. The van der Waals surface area contributed by atoms with Gasteiger partial charge in [0, 0.05) is 31.9 Å². The highest BCUT2D eigenvalue weighted by molar-refractivity contribution is 6.29. The average Bonchev–Trinajstić information content (AvgIpc) is 2.41. The monoisotopic (exact) mass is 293 g/mol. The smallest absolute Gasteiger partial charge is 0.281 e. The molecular formula is C13H12ClN3O3. The lowest BCUT2D eigenvalue weighted by atomic mass is 10.2. The summed E-state index contributed by atoms with van der Waals surface area (Å²) >= 11 is 5.59. The molecule has 0 bridgehead atoms. The normalized spacial score (nSPS) is 10.2. The highest BCUT2D eigenvalue weighted by atomic mass is 35.5. The Morgan fingerprint density at radius 2 is 2.05 bits per heavy atom. The first kappa shape index (κ1) is 14.1. The number of aromatic nitrogens is 2. The maximum Gasteiger partial charge on any atom is 0.281 e. The summed E-state index contributed by atoms with van der Waals surface area (Å²) in [4.78, 5) is 12.9. The van der Waals surface area contributed by atoms with E-state index in [4.69, 9.17) is 16.3 Å². The molecule has 2 rings (SSSR count). The van der Waals surface area contributed by atoms with Crippen molar-refractivity contribution in [1.29, 1.82) is 0 Å². The number of aromatic hydroxyl groups is 1. The number of hydrogen-bond acceptors (Lipinski definition) is 6. The van der Waals surface area contributed by atoms with E-state index in [9.17, 15) is 9.90 Å². The van der Waals surface area contributed by atoms with Gasteiger partial charge in [-0.15, -0.1) is 10.2 Å². The Kier molecular flexibility index (Phi) is 4.05. The Bertz CT molecular complexity index is 647. The van der Waals surface area contributed by atoms with Crippen LogP contribution in [0.25, 0.3) is 0 Å². The van der Waals surface area contributed by atoms with Crippen LogP contribution in [0.3, 0.4) is 0 Å². The van der Waals surface area contributed by atoms with Crippen molar-refractivity contribution in [1.82, 2.24) is 10.2 Å². The number of rotatable bonds is 4. The zero-order valence-corrected chi connectivity index (χ0v) is 11.6. The fraction of sp³-hybridized carbons (Fsp3) is 0.154. The van der Waals surface area contributed by atoms with Crippen molar-refractivity contribution in [2.45, 2.75) is 0 Å². The second-order valence-corrected chi connectivity index (χ2v) is 4.58. The first-order chi connectivity index (χ1) is 9.51. The van der Waals surface area contributed by atoms with E-state index in [1.54, 1.807) is 18.2 Å². The van der Waals surface area contributed by atoms with E-state index >= 15 is 0 Å². The molecule has 1 N–H and O–H groups in total. The maximum atomic E-state index is 11.0. The number of hydrogen-bond donors (Lipinski definition) is 1. The Labute approximate surface area is 120 Å². The van der Waals surface area contributed by atoms with E-state index in [0.717, 1.165) is 5.69 Å². The van der Waals surface area contributed by atoms with Gasteiger partial charge >= 0.3 is 0 Å². The Balaban J connectivity index is 2.40. The molecule has 0 radical (unpaired) electrons. The van der Waals surface area contributed by atoms with Gasteiger partial charge in [0.2, 0.25) is 0 Å². The van der Waals surface area contributed by atoms with Crippen LogP contribution >= 0.6 is 11.6 Å². The van der Waals surface area contributed by atoms with Gasteiger partial charge in [-0.1, -0.05) is 11.6 Å². The van der Waals surface area contributed by atoms with Crippen molar-refractivity contribution < 1.29 is 14.6 Å². The molecule has 7 heteroatoms. The van der Waals surface area contributed by atoms with Crippen LogP contribution in [0.4, 0.5) is 5.69 Å². The summed E-state index contributed by atoms with van der Waals surface area (Å²) < 4.78 is 5.44. The molecule has 0 atom stereocenters. The highest BCUT2D eigenvalue weighted by Crippen LogP contribution is 2.32. The first-order valence-electron chi connectivity index (χ1n) is 5.68. The largest absolute Gasteiger partial charge is 0.503 e. The number of ether oxygens (including phenoxy) is 1. The number of halogens is 1. The summed E-state index contributed by atoms with van der Waals surface area (Å²) in [7, 11) is 3.72. The molecule has 1 aromatic heterocycles. The number of benzene rings is 1. The molecule has 1 aromatic carbocycles. The Hall–Kier alpha value is -2.34. The number of aldehydes is 1. The third-order valence-corrected chi connectivity index (χ3v) is 2.74. The van der Waals surface area contributed by atoms with Gasteiger partial charge in [0.25, 0.3) is 5.88 Å². The predicted molar refractivity (Wildman–Crippen MR) is 74.9 cm³/mol. The van der Waals surface area contributed by atoms with E-state index < -0.39 is 0 Å². The molecule has 6 nitrogen and oxygen atoms in total. The summed E-state index contributed by atoms with van der Waals surface area (Å²) in [6, 6.07) is 6.28. The van der Waals surface area contributed by atoms with Gasteiger partial charge in [-0.2, -0.15) is 0 Å². The van der Waals surface area contributed by atoms with Crippen molar-refractivity contribution in [3.8, 4) is 17.4 Å². The van der Waals surface area contributed by atoms with Crippen LogP contribution in [0.2, 0.25) is 5.15 Å². The van der Waals surface area contributed by atoms with E-state index in [2.05, 4.69) is 10.2 Å². The molecule has 0 amide bonds. The second-order valence-electron chi connectivity index (χ2n) is 4.19. The molecule has 1 heterocycles. The van der Waals surface area contributed by atoms with Gasteiger partial charge < -0.3 is 14.7 Å². The number of anilines is 1. The molecule has 0 aliphatic heterocycles. The Morgan fingerprint density at radius 1 is 1.30 bits per heavy atom. The van der Waals surface area contributed by atoms with Crippen molar-refractivity contribution in [2.75, 3.05) is 19.0 Å². The zero-order chi connectivity index (χ0) is 14.7. The summed E-state index contributed by atoms with van der Waals surface area (Å²) in [6.45, 7) is 0. The van der Waals surface area contributed by atoms with E-state index in [0.29, 0.717) is 11.8 Å². The van der Waals surface area contributed by atoms with E-state index in [-0.39, 0.29) is 22.5 Å². The summed E-state index contributed by atoms with van der Waals surface area (Å²) in [5.74, 6) is -0.0939. The van der Waals surface area contributed by atoms with Crippen LogP contribution < -0.4 is 9.64 Å². The zero-order valence-electron chi connectivity index (χ0n) is 10.9. The topological polar surface area (TPSA) is 75.6 Å². The van der Waals surface area contributed by atoms with Gasteiger partial charge in [-0.3, -0.25) is 4.79 Å². The van der Waals surface area contributed by atoms with Crippen molar-refractivity contribution >= 4 is 23.6 Å². The number of carbonyl (C=O) groups is 1. The van der Waals surface area contributed by atoms with Gasteiger partial charge in [-0.25, -0.2) is 0 Å². The fourth-order valence-electron chi connectivity index (χ4n) is 1.51. The molecule has 2 aromatic rings. The van der Waals surface area contributed by atoms with Crippen LogP contribution in [0.15, 0.2) is 24.3 Å². The number of nitrogens with zero attached hydrogens (tertiary/aromatic N) is 3. The Morgan fingerprint density at radius 3 is 2.65 bits per heavy atom. The first-order valence-corrected chi connectivity index (χ1v) is 6.05. The molecule has 0 saturated carbocycles. The van der Waals surface area contributed by atoms with E-state index in [1.165, 1.54) is 6.07 Å². The predicted octanol–water partition coefficient (Wildman–Crippen LogP) is 2.51. The third kappa shape index (κ3) is 2.97. The standard InChI is InChI=1S/C13H12ClN3O3/c1-17(2)9-4-3-8(7-18)11(5-9)20-13-10(19)6-12(14)15-16-13/h3-7H,1-2H3,(H,15,19). The molecule has 20 heavy (non-hydrogen) atoms. The highest BCUT2D eigenvalue weighted by Gasteiger charge is 2.12. The van der Waals surface area contributed by atoms with Crippen LogP contribution in [-0.2, 0) is 0 Å². The average molecular weight is 294 g/mol. The summed E-state index contributed by atoms with van der Waals surface area (Å²) in [5, 5.41) is 17.0. The second kappa shape index (κ2) is 5.75. The minimum absolute atomic E-state index is 0.0486. The third-order valence-electron chi connectivity index (χ3n) is 2.56. The van der Waals surface area contributed by atoms with Crippen LogP contribution in [0.5, 0.6) is 17.4 Å². The molecular weight excluding hydrogens is 282 g/mol. The lowest BCUT2D eigenvalue weighted by molar-refractivity contribution is 0.112. The maximum absolute atomic E-state index is 11.0. The van der Waals surface area contributed by atoms with Crippen molar-refractivity contribution in [2.24, 2.45) is 0 Å². The molecule has 0 fully saturated rings. The quantitative estimate of drug-likeness (QED) is 0.873. The summed E-state index contributed by atoms with van der Waals surface area (Å²) in [6.07, 6.45) is 0.662. The van der Waals surface area contributed by atoms with Crippen molar-refractivity contribution in [3.05, 3.63) is 35.0 Å². The minimum atomic E-state index is -0.253. The van der Waals surface area contributed by atoms with Gasteiger partial charge in [0.1, 0.15) is 5.75 Å². The fourth-order valence-corrected chi connectivity index (χ4v) is 1.65. The van der Waals surface area contributed by atoms with Crippen LogP contribution in [0.1, 0.15) is 10.4 Å². The van der Waals surface area contributed by atoms with Gasteiger partial charge in [-0.05, 0) is 12.1 Å². The minimum Gasteiger partial charge on any atom is -0.503 e. The van der Waals surface area contributed by atoms with E-state index in [1.807, 2.05) is 19.0 Å². The molecule has 0 unspecified atom stereocenters. The molecule has 0 aliphatic rings. The summed E-state index contributed by atoms with van der Waals surface area (Å²) in [5.41, 5.74) is 1.18. The van der Waals surface area contributed by atoms with Gasteiger partial charge in [0.15, 0.2) is 17.2 Å². The number of carbonyl (C=O) groups excluding carboxylic acids is 1. The molecule has 0 aliphatic carbocycles.